The van der Waals surface area contributed by atoms with Crippen LogP contribution < -0.4 is 5.32 Å². The second-order valence-electron chi connectivity index (χ2n) is 4.82. The molecule has 0 radical (unpaired) electrons. The number of nitrogens with zero attached hydrogens (tertiary/aromatic N) is 1. The second-order valence-corrected chi connectivity index (χ2v) is 5.31. The van der Waals surface area contributed by atoms with Gasteiger partial charge in [0.2, 0.25) is 0 Å². The molecule has 0 aromatic heterocycles. The lowest BCUT2D eigenvalue weighted by Crippen LogP contribution is -2.37. The molecule has 1 aliphatic rings. The minimum absolute atomic E-state index is 0.174. The number of halogens is 1. The van der Waals surface area contributed by atoms with Gasteiger partial charge in [-0.1, -0.05) is 6.42 Å². The van der Waals surface area contributed by atoms with Gasteiger partial charge in [-0.25, -0.2) is 4.39 Å². The van der Waals surface area contributed by atoms with Gasteiger partial charge in [0.1, 0.15) is 5.82 Å². The average Bonchev–Trinajstić information content (AvgIpc) is 2.43. The standard InChI is InChI=1S/C14H19FN2OS/c15-12-5-4-11(10-13(12)19)14(18)16-6-9-17-7-2-1-3-8-17/h4-5,10,19H,1-3,6-9H2,(H,16,18). The lowest BCUT2D eigenvalue weighted by molar-refractivity contribution is 0.0946. The number of carbonyl (C=O) groups excluding carboxylic acids is 1. The van der Waals surface area contributed by atoms with E-state index in [2.05, 4.69) is 22.8 Å². The van der Waals surface area contributed by atoms with Gasteiger partial charge in [0.05, 0.1) is 0 Å². The van der Waals surface area contributed by atoms with Gasteiger partial charge in [0, 0.05) is 23.5 Å². The molecule has 1 saturated heterocycles. The summed E-state index contributed by atoms with van der Waals surface area (Å²) in [6.07, 6.45) is 3.80. The van der Waals surface area contributed by atoms with Crippen LogP contribution in [0.25, 0.3) is 0 Å². The van der Waals surface area contributed by atoms with Crippen LogP contribution in [0, 0.1) is 5.82 Å². The molecule has 0 aliphatic carbocycles. The maximum atomic E-state index is 13.0. The number of amides is 1. The molecule has 104 valence electrons. The molecular formula is C14H19FN2OS. The summed E-state index contributed by atoms with van der Waals surface area (Å²) >= 11 is 3.97. The fourth-order valence-corrected chi connectivity index (χ4v) is 2.48. The van der Waals surface area contributed by atoms with Gasteiger partial charge in [-0.3, -0.25) is 4.79 Å². The largest absolute Gasteiger partial charge is 0.351 e. The Balaban J connectivity index is 1.78. The van der Waals surface area contributed by atoms with Crippen molar-refractivity contribution in [1.82, 2.24) is 10.2 Å². The first kappa shape index (κ1) is 14.3. The van der Waals surface area contributed by atoms with Crippen LogP contribution in [0.2, 0.25) is 0 Å². The Morgan fingerprint density at radius 1 is 1.32 bits per heavy atom. The monoisotopic (exact) mass is 282 g/mol. The quantitative estimate of drug-likeness (QED) is 0.831. The molecule has 0 bridgehead atoms. The summed E-state index contributed by atoms with van der Waals surface area (Å²) in [5.41, 5.74) is 0.449. The van der Waals surface area contributed by atoms with E-state index >= 15 is 0 Å². The first-order valence-corrected chi connectivity index (χ1v) is 7.10. The zero-order valence-electron chi connectivity index (χ0n) is 10.9. The summed E-state index contributed by atoms with van der Waals surface area (Å²) in [5, 5.41) is 2.86. The molecule has 1 aliphatic heterocycles. The molecular weight excluding hydrogens is 263 g/mol. The maximum Gasteiger partial charge on any atom is 0.251 e. The van der Waals surface area contributed by atoms with Gasteiger partial charge in [0.25, 0.3) is 5.91 Å². The Labute approximate surface area is 118 Å². The number of hydrogen-bond acceptors (Lipinski definition) is 3. The van der Waals surface area contributed by atoms with Crippen molar-refractivity contribution in [3.8, 4) is 0 Å². The molecule has 1 aromatic carbocycles. The Morgan fingerprint density at radius 3 is 2.74 bits per heavy atom. The smallest absolute Gasteiger partial charge is 0.251 e. The number of hydrogen-bond donors (Lipinski definition) is 2. The number of piperidine rings is 1. The van der Waals surface area contributed by atoms with Crippen molar-refractivity contribution < 1.29 is 9.18 Å². The van der Waals surface area contributed by atoms with E-state index in [-0.39, 0.29) is 10.8 Å². The van der Waals surface area contributed by atoms with E-state index in [1.54, 1.807) is 0 Å². The summed E-state index contributed by atoms with van der Waals surface area (Å²) in [4.78, 5) is 14.4. The molecule has 0 spiro atoms. The molecule has 5 heteroatoms. The zero-order valence-corrected chi connectivity index (χ0v) is 11.8. The van der Waals surface area contributed by atoms with Crippen LogP contribution in [-0.4, -0.2) is 37.0 Å². The molecule has 0 atom stereocenters. The number of likely N-dealkylation sites (tertiary alicyclic amines) is 1. The van der Waals surface area contributed by atoms with Crippen molar-refractivity contribution in [3.63, 3.8) is 0 Å². The molecule has 1 fully saturated rings. The van der Waals surface area contributed by atoms with E-state index < -0.39 is 5.82 Å². The van der Waals surface area contributed by atoms with Crippen molar-refractivity contribution in [2.45, 2.75) is 24.2 Å². The highest BCUT2D eigenvalue weighted by Crippen LogP contribution is 2.14. The molecule has 3 nitrogen and oxygen atoms in total. The van der Waals surface area contributed by atoms with Crippen LogP contribution >= 0.6 is 12.6 Å². The Kier molecular flexibility index (Phi) is 5.22. The highest BCUT2D eigenvalue weighted by atomic mass is 32.1. The van der Waals surface area contributed by atoms with Crippen molar-refractivity contribution in [2.24, 2.45) is 0 Å². The van der Waals surface area contributed by atoms with Gasteiger partial charge in [-0.15, -0.1) is 12.6 Å². The average molecular weight is 282 g/mol. The first-order valence-electron chi connectivity index (χ1n) is 6.66. The summed E-state index contributed by atoms with van der Waals surface area (Å²) in [6.45, 7) is 3.74. The van der Waals surface area contributed by atoms with E-state index in [1.165, 1.54) is 37.5 Å². The predicted molar refractivity (Wildman–Crippen MR) is 76.3 cm³/mol. The predicted octanol–water partition coefficient (Wildman–Crippen LogP) is 2.33. The Morgan fingerprint density at radius 2 is 2.05 bits per heavy atom. The third kappa shape index (κ3) is 4.21. The van der Waals surface area contributed by atoms with Crippen molar-refractivity contribution >= 4 is 18.5 Å². The van der Waals surface area contributed by atoms with Crippen LogP contribution in [0.15, 0.2) is 23.1 Å². The molecule has 1 aromatic rings. The lowest BCUT2D eigenvalue weighted by atomic mass is 10.1. The minimum atomic E-state index is -0.409. The van der Waals surface area contributed by atoms with E-state index in [1.807, 2.05) is 0 Å². The van der Waals surface area contributed by atoms with Crippen molar-refractivity contribution in [1.29, 1.82) is 0 Å². The lowest BCUT2D eigenvalue weighted by Gasteiger charge is -2.26. The highest BCUT2D eigenvalue weighted by molar-refractivity contribution is 7.80. The van der Waals surface area contributed by atoms with E-state index in [0.29, 0.717) is 12.1 Å². The molecule has 2 rings (SSSR count). The number of rotatable bonds is 4. The van der Waals surface area contributed by atoms with Gasteiger partial charge in [-0.2, -0.15) is 0 Å². The SMILES string of the molecule is O=C(NCCN1CCCCC1)c1ccc(F)c(S)c1. The minimum Gasteiger partial charge on any atom is -0.351 e. The van der Waals surface area contributed by atoms with Gasteiger partial charge in [-0.05, 0) is 44.1 Å². The topological polar surface area (TPSA) is 32.3 Å². The molecule has 0 saturated carbocycles. The fraction of sp³-hybridized carbons (Fsp3) is 0.500. The third-order valence-corrected chi connectivity index (χ3v) is 3.71. The van der Waals surface area contributed by atoms with E-state index in [9.17, 15) is 9.18 Å². The van der Waals surface area contributed by atoms with Crippen LogP contribution in [0.1, 0.15) is 29.6 Å². The van der Waals surface area contributed by atoms with Crippen LogP contribution in [0.4, 0.5) is 4.39 Å². The van der Waals surface area contributed by atoms with Crippen LogP contribution in [0.3, 0.4) is 0 Å². The Bertz CT molecular complexity index is 447. The van der Waals surface area contributed by atoms with Crippen molar-refractivity contribution in [2.75, 3.05) is 26.2 Å². The number of thiol groups is 1. The summed E-state index contributed by atoms with van der Waals surface area (Å²) in [6, 6.07) is 4.20. The molecule has 1 N–H and O–H groups in total. The molecule has 0 unspecified atom stereocenters. The maximum absolute atomic E-state index is 13.0. The fourth-order valence-electron chi connectivity index (χ4n) is 2.27. The van der Waals surface area contributed by atoms with Crippen LogP contribution in [0.5, 0.6) is 0 Å². The van der Waals surface area contributed by atoms with E-state index in [4.69, 9.17) is 0 Å². The summed E-state index contributed by atoms with van der Waals surface area (Å²) in [7, 11) is 0. The summed E-state index contributed by atoms with van der Waals surface area (Å²) in [5.74, 6) is -0.583. The van der Waals surface area contributed by atoms with Crippen molar-refractivity contribution in [3.05, 3.63) is 29.6 Å². The van der Waals surface area contributed by atoms with Crippen LogP contribution in [-0.2, 0) is 0 Å². The third-order valence-electron chi connectivity index (χ3n) is 3.37. The molecule has 1 amide bonds. The van der Waals surface area contributed by atoms with E-state index in [0.717, 1.165) is 19.6 Å². The summed E-state index contributed by atoms with van der Waals surface area (Å²) < 4.78 is 13.0. The van der Waals surface area contributed by atoms with Gasteiger partial charge >= 0.3 is 0 Å². The number of nitrogens with one attached hydrogen (secondary N) is 1. The normalized spacial score (nSPS) is 16.3. The number of carbonyl (C=O) groups is 1. The molecule has 19 heavy (non-hydrogen) atoms. The zero-order chi connectivity index (χ0) is 13.7. The second kappa shape index (κ2) is 6.91. The highest BCUT2D eigenvalue weighted by Gasteiger charge is 2.11. The Hall–Kier alpha value is -1.07. The number of benzene rings is 1. The molecule has 1 heterocycles. The van der Waals surface area contributed by atoms with Gasteiger partial charge < -0.3 is 10.2 Å². The van der Waals surface area contributed by atoms with Gasteiger partial charge in [0.15, 0.2) is 0 Å². The first-order chi connectivity index (χ1) is 9.16.